The second kappa shape index (κ2) is 11.8. The van der Waals surface area contributed by atoms with Gasteiger partial charge in [0.15, 0.2) is 0 Å². The second-order valence-electron chi connectivity index (χ2n) is 8.93. The molecule has 8 nitrogen and oxygen atoms in total. The van der Waals surface area contributed by atoms with Crippen LogP contribution in [0.4, 0.5) is 11.4 Å². The smallest absolute Gasteiger partial charge is 0.264 e. The van der Waals surface area contributed by atoms with Gasteiger partial charge >= 0.3 is 0 Å². The van der Waals surface area contributed by atoms with Crippen molar-refractivity contribution in [2.24, 2.45) is 0 Å². The van der Waals surface area contributed by atoms with E-state index in [1.54, 1.807) is 66.7 Å². The van der Waals surface area contributed by atoms with Gasteiger partial charge in [-0.15, -0.1) is 0 Å². The van der Waals surface area contributed by atoms with Crippen LogP contribution in [-0.2, 0) is 21.4 Å². The summed E-state index contributed by atoms with van der Waals surface area (Å²) in [4.78, 5) is 26.1. The maximum absolute atomic E-state index is 13.6. The van der Waals surface area contributed by atoms with Crippen LogP contribution in [0.25, 0.3) is 0 Å². The molecule has 0 saturated carbocycles. The number of hydrogen-bond donors (Lipinski definition) is 2. The second-order valence-corrected chi connectivity index (χ2v) is 10.8. The van der Waals surface area contributed by atoms with Gasteiger partial charge in [0.25, 0.3) is 15.9 Å². The van der Waals surface area contributed by atoms with Crippen molar-refractivity contribution < 1.29 is 22.4 Å². The Morgan fingerprint density at radius 1 is 0.868 bits per heavy atom. The molecular formula is C29H29N3O5S. The van der Waals surface area contributed by atoms with Gasteiger partial charge < -0.3 is 15.1 Å². The van der Waals surface area contributed by atoms with Gasteiger partial charge in [0.1, 0.15) is 12.3 Å². The molecular weight excluding hydrogens is 502 g/mol. The number of hydrogen-bond acceptors (Lipinski definition) is 5. The molecule has 4 aromatic rings. The molecule has 3 aromatic carbocycles. The summed E-state index contributed by atoms with van der Waals surface area (Å²) < 4.78 is 33.5. The Labute approximate surface area is 222 Å². The Hall–Kier alpha value is -4.37. The van der Waals surface area contributed by atoms with Crippen molar-refractivity contribution in [2.75, 3.05) is 16.2 Å². The third-order valence-electron chi connectivity index (χ3n) is 5.92. The van der Waals surface area contributed by atoms with E-state index in [4.69, 9.17) is 4.42 Å². The van der Waals surface area contributed by atoms with Gasteiger partial charge in [-0.25, -0.2) is 8.42 Å². The number of carbonyl (C=O) groups is 2. The number of benzene rings is 3. The molecule has 0 bridgehead atoms. The first kappa shape index (κ1) is 26.7. The van der Waals surface area contributed by atoms with Crippen LogP contribution in [0.1, 0.15) is 41.4 Å². The topological polar surface area (TPSA) is 109 Å². The standard InChI is InChI=1S/C29H29N3O5S/c1-21(2)22-14-16-23(17-15-22)32(38(35,36)25-10-4-3-5-11-25)20-28(33)31-27-13-7-6-12-26(27)29(34)30-19-24-9-8-18-37-24/h3-18,21H,19-20H2,1-2H3,(H,30,34)(H,31,33). The first-order chi connectivity index (χ1) is 18.3. The monoisotopic (exact) mass is 531 g/mol. The molecule has 0 atom stereocenters. The normalized spacial score (nSPS) is 11.2. The Balaban J connectivity index is 1.57. The lowest BCUT2D eigenvalue weighted by molar-refractivity contribution is -0.114. The van der Waals surface area contributed by atoms with Crippen molar-refractivity contribution in [3.8, 4) is 0 Å². The maximum atomic E-state index is 13.6. The highest BCUT2D eigenvalue weighted by Gasteiger charge is 2.27. The number of carbonyl (C=O) groups excluding carboxylic acids is 2. The molecule has 0 fully saturated rings. The van der Waals surface area contributed by atoms with Crippen LogP contribution in [0, 0.1) is 0 Å². The number of nitrogens with one attached hydrogen (secondary N) is 2. The fourth-order valence-electron chi connectivity index (χ4n) is 3.85. The lowest BCUT2D eigenvalue weighted by atomic mass is 10.0. The van der Waals surface area contributed by atoms with Gasteiger partial charge in [0, 0.05) is 0 Å². The van der Waals surface area contributed by atoms with Gasteiger partial charge in [-0.1, -0.05) is 56.3 Å². The van der Waals surface area contributed by atoms with Gasteiger partial charge in [-0.2, -0.15) is 0 Å². The maximum Gasteiger partial charge on any atom is 0.264 e. The third kappa shape index (κ3) is 6.30. The Kier molecular flexibility index (Phi) is 8.28. The minimum absolute atomic E-state index is 0.0680. The molecule has 0 saturated heterocycles. The summed E-state index contributed by atoms with van der Waals surface area (Å²) >= 11 is 0. The molecule has 2 N–H and O–H groups in total. The van der Waals surface area contributed by atoms with Crippen molar-refractivity contribution >= 4 is 33.2 Å². The van der Waals surface area contributed by atoms with E-state index in [0.29, 0.717) is 11.4 Å². The largest absolute Gasteiger partial charge is 0.467 e. The Morgan fingerprint density at radius 3 is 2.21 bits per heavy atom. The van der Waals surface area contributed by atoms with Gasteiger partial charge in [-0.3, -0.25) is 13.9 Å². The molecule has 2 amide bonds. The average Bonchev–Trinajstić information content (AvgIpc) is 3.45. The Bertz CT molecular complexity index is 1480. The number of amides is 2. The van der Waals surface area contributed by atoms with Crippen LogP contribution in [0.5, 0.6) is 0 Å². The molecule has 0 spiro atoms. The molecule has 1 aromatic heterocycles. The number of furan rings is 1. The highest BCUT2D eigenvalue weighted by atomic mass is 32.2. The number of nitrogens with zero attached hydrogens (tertiary/aromatic N) is 1. The van der Waals surface area contributed by atoms with E-state index in [1.807, 2.05) is 26.0 Å². The Morgan fingerprint density at radius 2 is 1.55 bits per heavy atom. The number of anilines is 2. The summed E-state index contributed by atoms with van der Waals surface area (Å²) in [5, 5.41) is 5.46. The molecule has 0 aliphatic carbocycles. The first-order valence-electron chi connectivity index (χ1n) is 12.1. The summed E-state index contributed by atoms with van der Waals surface area (Å²) in [7, 11) is -4.05. The van der Waals surface area contributed by atoms with Gasteiger partial charge in [-0.05, 0) is 60.0 Å². The van der Waals surface area contributed by atoms with E-state index in [1.165, 1.54) is 18.4 Å². The van der Waals surface area contributed by atoms with Gasteiger partial charge in [0.05, 0.1) is 34.6 Å². The summed E-state index contributed by atoms with van der Waals surface area (Å²) in [6.07, 6.45) is 1.52. The molecule has 9 heteroatoms. The van der Waals surface area contributed by atoms with Crippen LogP contribution in [0.2, 0.25) is 0 Å². The van der Waals surface area contributed by atoms with Crippen molar-refractivity contribution in [1.82, 2.24) is 5.32 Å². The number of para-hydroxylation sites is 1. The lowest BCUT2D eigenvalue weighted by Gasteiger charge is -2.25. The third-order valence-corrected chi connectivity index (χ3v) is 7.70. The SMILES string of the molecule is CC(C)c1ccc(N(CC(=O)Nc2ccccc2C(=O)NCc2ccco2)S(=O)(=O)c2ccccc2)cc1. The molecule has 38 heavy (non-hydrogen) atoms. The quantitative estimate of drug-likeness (QED) is 0.294. The minimum Gasteiger partial charge on any atom is -0.467 e. The van der Waals surface area contributed by atoms with E-state index in [9.17, 15) is 18.0 Å². The van der Waals surface area contributed by atoms with Crippen LogP contribution < -0.4 is 14.9 Å². The van der Waals surface area contributed by atoms with Crippen molar-refractivity contribution in [3.05, 3.63) is 114 Å². The van der Waals surface area contributed by atoms with Crippen molar-refractivity contribution in [1.29, 1.82) is 0 Å². The highest BCUT2D eigenvalue weighted by Crippen LogP contribution is 2.26. The van der Waals surface area contributed by atoms with Crippen molar-refractivity contribution in [2.45, 2.75) is 31.2 Å². The van der Waals surface area contributed by atoms with E-state index in [0.717, 1.165) is 9.87 Å². The average molecular weight is 532 g/mol. The zero-order valence-corrected chi connectivity index (χ0v) is 21.9. The predicted molar refractivity (Wildman–Crippen MR) is 146 cm³/mol. The number of sulfonamides is 1. The zero-order chi connectivity index (χ0) is 27.1. The fraction of sp³-hybridized carbons (Fsp3) is 0.172. The molecule has 1 heterocycles. The van der Waals surface area contributed by atoms with Crippen molar-refractivity contribution in [3.63, 3.8) is 0 Å². The molecule has 0 aliphatic heterocycles. The fourth-order valence-corrected chi connectivity index (χ4v) is 5.29. The summed E-state index contributed by atoms with van der Waals surface area (Å²) in [5.74, 6) is -0.147. The van der Waals surface area contributed by atoms with E-state index in [-0.39, 0.29) is 28.6 Å². The minimum atomic E-state index is -4.05. The lowest BCUT2D eigenvalue weighted by Crippen LogP contribution is -2.38. The highest BCUT2D eigenvalue weighted by molar-refractivity contribution is 7.92. The van der Waals surface area contributed by atoms with Gasteiger partial charge in [0.2, 0.25) is 5.91 Å². The van der Waals surface area contributed by atoms with Crippen LogP contribution in [0.15, 0.2) is 107 Å². The summed E-state index contributed by atoms with van der Waals surface area (Å²) in [6.45, 7) is 3.79. The van der Waals surface area contributed by atoms with E-state index in [2.05, 4.69) is 10.6 Å². The molecule has 196 valence electrons. The summed E-state index contributed by atoms with van der Waals surface area (Å²) in [5.41, 5.74) is 1.91. The van der Waals surface area contributed by atoms with E-state index >= 15 is 0 Å². The summed E-state index contributed by atoms with van der Waals surface area (Å²) in [6, 6.07) is 25.0. The molecule has 0 radical (unpaired) electrons. The number of rotatable bonds is 10. The molecule has 0 aliphatic rings. The van der Waals surface area contributed by atoms with Crippen LogP contribution in [0.3, 0.4) is 0 Å². The van der Waals surface area contributed by atoms with E-state index < -0.39 is 28.4 Å². The molecule has 4 rings (SSSR count). The van der Waals surface area contributed by atoms with Crippen LogP contribution in [-0.4, -0.2) is 26.8 Å². The van der Waals surface area contributed by atoms with Crippen LogP contribution >= 0.6 is 0 Å². The molecule has 0 unspecified atom stereocenters. The predicted octanol–water partition coefficient (Wildman–Crippen LogP) is 5.17. The zero-order valence-electron chi connectivity index (χ0n) is 21.1. The first-order valence-corrected chi connectivity index (χ1v) is 13.6.